The molecule has 0 bridgehead atoms. The fourth-order valence-electron chi connectivity index (χ4n) is 3.95. The summed E-state index contributed by atoms with van der Waals surface area (Å²) < 4.78 is 18.0. The Kier molecular flexibility index (Phi) is 6.55. The number of nitro groups is 1. The van der Waals surface area contributed by atoms with Crippen molar-refractivity contribution in [3.8, 4) is 0 Å². The van der Waals surface area contributed by atoms with Crippen LogP contribution in [0.15, 0.2) is 66.7 Å². The molecule has 0 aliphatic carbocycles. The summed E-state index contributed by atoms with van der Waals surface area (Å²) in [5.41, 5.74) is 1.49. The Bertz CT molecular complexity index is 1180. The molecule has 0 saturated carbocycles. The molecule has 2 saturated heterocycles. The normalized spacial score (nSPS) is 23.5. The topological polar surface area (TPSA) is 136 Å². The SMILES string of the molecule is C=C1CS(=O)[C@@H]2[C@H](NC(=O)Cc3ccccc3)C(=O)N2C1C(=O)OCc1ccc([N+](=O)[O-])cc1. The van der Waals surface area contributed by atoms with Gasteiger partial charge < -0.3 is 15.0 Å². The van der Waals surface area contributed by atoms with Crippen LogP contribution in [0, 0.1) is 10.1 Å². The maximum absolute atomic E-state index is 12.8. The summed E-state index contributed by atoms with van der Waals surface area (Å²) >= 11 is 0. The van der Waals surface area contributed by atoms with E-state index in [1.54, 1.807) is 24.3 Å². The number of amides is 2. The lowest BCUT2D eigenvalue weighted by Crippen LogP contribution is -2.77. The molecule has 2 unspecified atom stereocenters. The third-order valence-corrected chi connectivity index (χ3v) is 7.31. The van der Waals surface area contributed by atoms with Crippen molar-refractivity contribution in [2.24, 2.45) is 0 Å². The minimum atomic E-state index is -1.54. The Hall–Kier alpha value is -3.86. The van der Waals surface area contributed by atoms with E-state index in [2.05, 4.69) is 11.9 Å². The van der Waals surface area contributed by atoms with Gasteiger partial charge in [-0.05, 0) is 28.8 Å². The second kappa shape index (κ2) is 9.56. The van der Waals surface area contributed by atoms with E-state index in [0.717, 1.165) is 10.5 Å². The van der Waals surface area contributed by atoms with Crippen LogP contribution in [0.1, 0.15) is 11.1 Å². The van der Waals surface area contributed by atoms with E-state index in [4.69, 9.17) is 4.74 Å². The number of β-lactam (4-membered cyclic amide) rings is 1. The summed E-state index contributed by atoms with van der Waals surface area (Å²) in [7, 11) is -1.54. The Morgan fingerprint density at radius 2 is 1.82 bits per heavy atom. The second-order valence-corrected chi connectivity index (χ2v) is 9.49. The standard InChI is InChI=1S/C23H21N3O7S/c1-14-13-34(32)22-19(24-18(27)11-15-5-3-2-4-6-15)21(28)25(22)20(14)23(29)33-12-16-7-9-17(10-8-16)26(30)31/h2-10,19-20,22H,1,11-13H2,(H,24,27)/t19-,20?,22-,34?/m1/s1. The third-order valence-electron chi connectivity index (χ3n) is 5.62. The molecule has 4 rings (SSSR count). The van der Waals surface area contributed by atoms with E-state index in [1.807, 2.05) is 6.07 Å². The van der Waals surface area contributed by atoms with Crippen molar-refractivity contribution in [2.75, 3.05) is 5.75 Å². The lowest BCUT2D eigenvalue weighted by atomic mass is 9.98. The van der Waals surface area contributed by atoms with Gasteiger partial charge >= 0.3 is 5.97 Å². The highest BCUT2D eigenvalue weighted by atomic mass is 32.2. The van der Waals surface area contributed by atoms with Crippen molar-refractivity contribution in [3.05, 3.63) is 88.0 Å². The van der Waals surface area contributed by atoms with Crippen LogP contribution < -0.4 is 5.32 Å². The van der Waals surface area contributed by atoms with Crippen LogP contribution in [0.2, 0.25) is 0 Å². The van der Waals surface area contributed by atoms with Gasteiger partial charge in [-0.25, -0.2) is 4.79 Å². The Labute approximate surface area is 197 Å². The molecule has 0 radical (unpaired) electrons. The number of hydrogen-bond donors (Lipinski definition) is 1. The predicted octanol–water partition coefficient (Wildman–Crippen LogP) is 1.22. The number of nitro benzene ring substituents is 1. The number of carbonyl (C=O) groups is 3. The zero-order valence-electron chi connectivity index (χ0n) is 17.9. The molecule has 1 N–H and O–H groups in total. The summed E-state index contributed by atoms with van der Waals surface area (Å²) in [5, 5.41) is 12.5. The van der Waals surface area contributed by atoms with Gasteiger partial charge in [-0.1, -0.05) is 36.9 Å². The molecule has 2 aliphatic rings. The summed E-state index contributed by atoms with van der Waals surface area (Å²) in [6.45, 7) is 3.64. The quantitative estimate of drug-likeness (QED) is 0.206. The molecule has 2 amide bonds. The first kappa shape index (κ1) is 23.3. The highest BCUT2D eigenvalue weighted by Crippen LogP contribution is 2.35. The van der Waals surface area contributed by atoms with Crippen LogP contribution in [-0.2, 0) is 42.9 Å². The number of non-ortho nitro benzene ring substituents is 1. The van der Waals surface area contributed by atoms with Crippen LogP contribution in [0.5, 0.6) is 0 Å². The molecule has 2 aromatic carbocycles. The number of benzene rings is 2. The van der Waals surface area contributed by atoms with Crippen LogP contribution in [0.4, 0.5) is 5.69 Å². The fourth-order valence-corrected chi connectivity index (χ4v) is 5.61. The Morgan fingerprint density at radius 3 is 2.47 bits per heavy atom. The van der Waals surface area contributed by atoms with Crippen LogP contribution in [-0.4, -0.2) is 55.0 Å². The number of ether oxygens (including phenoxy) is 1. The number of nitrogens with one attached hydrogen (secondary N) is 1. The lowest BCUT2D eigenvalue weighted by molar-refractivity contribution is -0.384. The molecule has 11 heteroatoms. The largest absolute Gasteiger partial charge is 0.459 e. The minimum absolute atomic E-state index is 0.00317. The predicted molar refractivity (Wildman–Crippen MR) is 122 cm³/mol. The molecule has 34 heavy (non-hydrogen) atoms. The van der Waals surface area contributed by atoms with Crippen LogP contribution >= 0.6 is 0 Å². The molecule has 0 aromatic heterocycles. The zero-order chi connectivity index (χ0) is 24.4. The van der Waals surface area contributed by atoms with Crippen molar-refractivity contribution in [2.45, 2.75) is 30.5 Å². The van der Waals surface area contributed by atoms with E-state index in [0.29, 0.717) is 5.56 Å². The molecule has 2 aromatic rings. The third kappa shape index (κ3) is 4.60. The van der Waals surface area contributed by atoms with Crippen LogP contribution in [0.3, 0.4) is 0 Å². The Balaban J connectivity index is 1.40. The summed E-state index contributed by atoms with van der Waals surface area (Å²) in [6, 6.07) is 12.4. The fraction of sp³-hybridized carbons (Fsp3) is 0.261. The molecule has 0 spiro atoms. The first-order valence-electron chi connectivity index (χ1n) is 10.4. The minimum Gasteiger partial charge on any atom is -0.459 e. The smallest absolute Gasteiger partial charge is 0.333 e. The highest BCUT2D eigenvalue weighted by Gasteiger charge is 2.59. The van der Waals surface area contributed by atoms with Gasteiger partial charge in [0.05, 0.1) is 22.1 Å². The first-order chi connectivity index (χ1) is 16.3. The zero-order valence-corrected chi connectivity index (χ0v) is 18.7. The second-order valence-electron chi connectivity index (χ2n) is 7.96. The molecule has 176 valence electrons. The van der Waals surface area contributed by atoms with Crippen molar-refractivity contribution in [1.29, 1.82) is 0 Å². The van der Waals surface area contributed by atoms with Crippen molar-refractivity contribution in [1.82, 2.24) is 10.2 Å². The van der Waals surface area contributed by atoms with Crippen molar-refractivity contribution < 1.29 is 28.3 Å². The first-order valence-corrected chi connectivity index (χ1v) is 11.7. The molecule has 2 fully saturated rings. The average molecular weight is 484 g/mol. The number of nitrogens with zero attached hydrogens (tertiary/aromatic N) is 2. The van der Waals surface area contributed by atoms with Gasteiger partial charge in [-0.2, -0.15) is 0 Å². The summed E-state index contributed by atoms with van der Waals surface area (Å²) in [4.78, 5) is 49.4. The van der Waals surface area contributed by atoms with E-state index in [9.17, 15) is 28.7 Å². The molecule has 4 atom stereocenters. The number of rotatable bonds is 7. The maximum atomic E-state index is 12.8. The number of esters is 1. The van der Waals surface area contributed by atoms with Crippen molar-refractivity contribution in [3.63, 3.8) is 0 Å². The van der Waals surface area contributed by atoms with E-state index < -0.39 is 45.1 Å². The van der Waals surface area contributed by atoms with Gasteiger partial charge in [0.25, 0.3) is 5.69 Å². The average Bonchev–Trinajstić information content (AvgIpc) is 2.81. The van der Waals surface area contributed by atoms with E-state index in [1.165, 1.54) is 24.3 Å². The molecule has 10 nitrogen and oxygen atoms in total. The van der Waals surface area contributed by atoms with Crippen LogP contribution in [0.25, 0.3) is 0 Å². The number of carbonyl (C=O) groups excluding carboxylic acids is 3. The van der Waals surface area contributed by atoms with Gasteiger partial charge in [0, 0.05) is 17.9 Å². The summed E-state index contributed by atoms with van der Waals surface area (Å²) in [5.74, 6) is -1.66. The lowest BCUT2D eigenvalue weighted by Gasteiger charge is -2.52. The Morgan fingerprint density at radius 1 is 1.15 bits per heavy atom. The van der Waals surface area contributed by atoms with E-state index >= 15 is 0 Å². The number of hydrogen-bond acceptors (Lipinski definition) is 7. The van der Waals surface area contributed by atoms with Gasteiger partial charge in [0.2, 0.25) is 11.8 Å². The van der Waals surface area contributed by atoms with Gasteiger partial charge in [-0.15, -0.1) is 0 Å². The van der Waals surface area contributed by atoms with Gasteiger partial charge in [-0.3, -0.25) is 23.9 Å². The van der Waals surface area contributed by atoms with Crippen molar-refractivity contribution >= 4 is 34.3 Å². The monoisotopic (exact) mass is 483 g/mol. The number of fused-ring (bicyclic) bond motifs is 1. The summed E-state index contributed by atoms with van der Waals surface area (Å²) in [6.07, 6.45) is 0.0669. The molecular weight excluding hydrogens is 462 g/mol. The van der Waals surface area contributed by atoms with Gasteiger partial charge in [0.15, 0.2) is 6.04 Å². The molecule has 2 aliphatic heterocycles. The van der Waals surface area contributed by atoms with Gasteiger partial charge in [0.1, 0.15) is 18.0 Å². The molecular formula is C23H21N3O7S. The maximum Gasteiger partial charge on any atom is 0.333 e. The molecule has 2 heterocycles. The highest BCUT2D eigenvalue weighted by molar-refractivity contribution is 7.86. The van der Waals surface area contributed by atoms with E-state index in [-0.39, 0.29) is 35.9 Å².